The van der Waals surface area contributed by atoms with Gasteiger partial charge in [0, 0.05) is 20.6 Å². The second kappa shape index (κ2) is 6.12. The van der Waals surface area contributed by atoms with E-state index in [1.54, 1.807) is 25.1 Å². The number of oxazole rings is 1. The molecule has 118 valence electrons. The summed E-state index contributed by atoms with van der Waals surface area (Å²) in [5, 5.41) is 0. The third kappa shape index (κ3) is 3.18. The average molecular weight is 310 g/mol. The number of fused-ring (bicyclic) bond motifs is 1. The van der Waals surface area contributed by atoms with E-state index < -0.39 is 5.76 Å². The molecule has 0 saturated carbocycles. The van der Waals surface area contributed by atoms with E-state index in [0.717, 1.165) is 11.1 Å². The Kier molecular flexibility index (Phi) is 4.02. The molecule has 5 nitrogen and oxygen atoms in total. The molecule has 0 bridgehead atoms. The number of aromatic nitrogens is 1. The molecule has 0 N–H and O–H groups in total. The normalized spacial score (nSPS) is 10.9. The zero-order valence-electron chi connectivity index (χ0n) is 13.2. The minimum atomic E-state index is -0.398. The summed E-state index contributed by atoms with van der Waals surface area (Å²) in [5.41, 5.74) is 3.19. The second-order valence-electron chi connectivity index (χ2n) is 5.64. The van der Waals surface area contributed by atoms with E-state index in [9.17, 15) is 9.59 Å². The topological polar surface area (TPSA) is 55.5 Å². The highest BCUT2D eigenvalue weighted by molar-refractivity contribution is 5.81. The van der Waals surface area contributed by atoms with E-state index in [1.165, 1.54) is 4.57 Å². The second-order valence-corrected chi connectivity index (χ2v) is 5.64. The highest BCUT2D eigenvalue weighted by atomic mass is 16.4. The van der Waals surface area contributed by atoms with E-state index >= 15 is 0 Å². The summed E-state index contributed by atoms with van der Waals surface area (Å²) in [6.07, 6.45) is 0.290. The van der Waals surface area contributed by atoms with E-state index in [0.29, 0.717) is 24.1 Å². The molecule has 5 heteroatoms. The molecule has 0 aliphatic rings. The first kappa shape index (κ1) is 15.1. The fraction of sp³-hybridized carbons (Fsp3) is 0.222. The Morgan fingerprint density at radius 2 is 1.87 bits per heavy atom. The van der Waals surface area contributed by atoms with Gasteiger partial charge in [-0.05, 0) is 23.3 Å². The largest absolute Gasteiger partial charge is 0.419 e. The maximum absolute atomic E-state index is 12.4. The lowest BCUT2D eigenvalue weighted by molar-refractivity contribution is -0.129. The number of carbonyl (C=O) groups excluding carboxylic acids is 1. The summed E-state index contributed by atoms with van der Waals surface area (Å²) in [4.78, 5) is 25.6. The lowest BCUT2D eigenvalue weighted by Gasteiger charge is -2.17. The van der Waals surface area contributed by atoms with Crippen LogP contribution in [0.25, 0.3) is 11.1 Å². The summed E-state index contributed by atoms with van der Waals surface area (Å²) in [6, 6.07) is 15.2. The maximum Gasteiger partial charge on any atom is 0.419 e. The molecule has 0 aliphatic heterocycles. The van der Waals surface area contributed by atoms with Gasteiger partial charge in [-0.1, -0.05) is 36.4 Å². The van der Waals surface area contributed by atoms with Gasteiger partial charge in [0.15, 0.2) is 5.58 Å². The molecule has 0 fully saturated rings. The van der Waals surface area contributed by atoms with Gasteiger partial charge >= 0.3 is 5.76 Å². The van der Waals surface area contributed by atoms with Crippen molar-refractivity contribution in [1.82, 2.24) is 9.47 Å². The molecule has 3 aromatic rings. The number of benzene rings is 2. The van der Waals surface area contributed by atoms with Crippen molar-refractivity contribution in [3.63, 3.8) is 0 Å². The molecule has 1 heterocycles. The molecule has 2 aromatic carbocycles. The van der Waals surface area contributed by atoms with Crippen LogP contribution in [0.15, 0.2) is 57.7 Å². The van der Waals surface area contributed by atoms with Crippen LogP contribution in [0, 0.1) is 0 Å². The van der Waals surface area contributed by atoms with Crippen LogP contribution in [-0.4, -0.2) is 22.4 Å². The van der Waals surface area contributed by atoms with Crippen LogP contribution in [0.5, 0.6) is 0 Å². The van der Waals surface area contributed by atoms with Crippen LogP contribution in [0.4, 0.5) is 0 Å². The van der Waals surface area contributed by atoms with Gasteiger partial charge in [-0.3, -0.25) is 9.36 Å². The molecule has 0 radical (unpaired) electrons. The van der Waals surface area contributed by atoms with Crippen molar-refractivity contribution in [1.29, 1.82) is 0 Å². The summed E-state index contributed by atoms with van der Waals surface area (Å²) in [7, 11) is 3.45. The Hall–Kier alpha value is -2.82. The number of likely N-dealkylation sites (N-methyl/N-ethyl adjacent to an activating group) is 1. The van der Waals surface area contributed by atoms with Gasteiger partial charge in [0.2, 0.25) is 5.91 Å². The van der Waals surface area contributed by atoms with Gasteiger partial charge in [0.1, 0.15) is 0 Å². The predicted molar refractivity (Wildman–Crippen MR) is 88.1 cm³/mol. The average Bonchev–Trinajstić information content (AvgIpc) is 2.83. The first-order valence-electron chi connectivity index (χ1n) is 7.41. The van der Waals surface area contributed by atoms with Crippen molar-refractivity contribution >= 4 is 17.0 Å². The van der Waals surface area contributed by atoms with Crippen LogP contribution >= 0.6 is 0 Å². The number of hydrogen-bond donors (Lipinski definition) is 0. The van der Waals surface area contributed by atoms with E-state index in [2.05, 4.69) is 0 Å². The van der Waals surface area contributed by atoms with E-state index in [4.69, 9.17) is 4.42 Å². The van der Waals surface area contributed by atoms with Crippen LogP contribution in [0.3, 0.4) is 0 Å². The quantitative estimate of drug-likeness (QED) is 0.743. The molecule has 0 saturated heterocycles. The molecule has 0 unspecified atom stereocenters. The summed E-state index contributed by atoms with van der Waals surface area (Å²) < 4.78 is 6.54. The Bertz CT molecular complexity index is 894. The van der Waals surface area contributed by atoms with Crippen molar-refractivity contribution in [3.8, 4) is 0 Å². The van der Waals surface area contributed by atoms with Crippen molar-refractivity contribution in [3.05, 3.63) is 70.2 Å². The molecule has 3 rings (SSSR count). The molecule has 0 atom stereocenters. The van der Waals surface area contributed by atoms with Crippen molar-refractivity contribution in [2.45, 2.75) is 13.0 Å². The molecule has 23 heavy (non-hydrogen) atoms. The van der Waals surface area contributed by atoms with Crippen LogP contribution in [0.1, 0.15) is 11.1 Å². The van der Waals surface area contributed by atoms with Crippen molar-refractivity contribution < 1.29 is 9.21 Å². The van der Waals surface area contributed by atoms with E-state index in [-0.39, 0.29) is 5.91 Å². The fourth-order valence-corrected chi connectivity index (χ4v) is 2.54. The molecular formula is C18H18N2O3. The van der Waals surface area contributed by atoms with Crippen molar-refractivity contribution in [2.75, 3.05) is 7.05 Å². The highest BCUT2D eigenvalue weighted by Crippen LogP contribution is 2.15. The first-order chi connectivity index (χ1) is 11.0. The third-order valence-electron chi connectivity index (χ3n) is 3.90. The number of aryl methyl sites for hydroxylation is 1. The zero-order chi connectivity index (χ0) is 16.4. The molecule has 1 aromatic heterocycles. The highest BCUT2D eigenvalue weighted by Gasteiger charge is 2.12. The number of carbonyl (C=O) groups is 1. The minimum absolute atomic E-state index is 0.0293. The zero-order valence-corrected chi connectivity index (χ0v) is 13.2. The van der Waals surface area contributed by atoms with E-state index in [1.807, 2.05) is 42.5 Å². The molecule has 0 aliphatic carbocycles. The number of hydrogen-bond acceptors (Lipinski definition) is 3. The Balaban J connectivity index is 1.74. The lowest BCUT2D eigenvalue weighted by Crippen LogP contribution is -2.27. The van der Waals surface area contributed by atoms with Crippen LogP contribution < -0.4 is 5.76 Å². The first-order valence-corrected chi connectivity index (χ1v) is 7.41. The van der Waals surface area contributed by atoms with Gasteiger partial charge in [0.05, 0.1) is 11.9 Å². The Morgan fingerprint density at radius 1 is 1.13 bits per heavy atom. The summed E-state index contributed by atoms with van der Waals surface area (Å²) >= 11 is 0. The monoisotopic (exact) mass is 310 g/mol. The SMILES string of the molecule is CN(Cc1ccccc1)C(=O)Cc1ccc2oc(=O)n(C)c2c1. The fourth-order valence-electron chi connectivity index (χ4n) is 2.54. The molecule has 1 amide bonds. The summed E-state index contributed by atoms with van der Waals surface area (Å²) in [5.74, 6) is -0.369. The Morgan fingerprint density at radius 3 is 2.61 bits per heavy atom. The smallest absolute Gasteiger partial charge is 0.408 e. The van der Waals surface area contributed by atoms with Crippen LogP contribution in [-0.2, 0) is 24.8 Å². The van der Waals surface area contributed by atoms with Gasteiger partial charge in [0.25, 0.3) is 0 Å². The Labute approximate surface area is 133 Å². The van der Waals surface area contributed by atoms with Gasteiger partial charge in [-0.25, -0.2) is 4.79 Å². The number of amides is 1. The third-order valence-corrected chi connectivity index (χ3v) is 3.90. The summed E-state index contributed by atoms with van der Waals surface area (Å²) in [6.45, 7) is 0.576. The van der Waals surface area contributed by atoms with Gasteiger partial charge in [-0.15, -0.1) is 0 Å². The predicted octanol–water partition coefficient (Wildman–Crippen LogP) is 2.33. The van der Waals surface area contributed by atoms with Gasteiger partial charge < -0.3 is 9.32 Å². The minimum Gasteiger partial charge on any atom is -0.408 e. The maximum atomic E-state index is 12.4. The molecule has 0 spiro atoms. The van der Waals surface area contributed by atoms with Gasteiger partial charge in [-0.2, -0.15) is 0 Å². The molecular weight excluding hydrogens is 292 g/mol. The number of nitrogens with zero attached hydrogens (tertiary/aromatic N) is 2. The number of rotatable bonds is 4. The standard InChI is InChI=1S/C18H18N2O3/c1-19(12-13-6-4-3-5-7-13)17(21)11-14-8-9-16-15(10-14)20(2)18(22)23-16/h3-10H,11-12H2,1-2H3. The lowest BCUT2D eigenvalue weighted by atomic mass is 10.1. The van der Waals surface area contributed by atoms with Crippen LogP contribution in [0.2, 0.25) is 0 Å². The van der Waals surface area contributed by atoms with Crippen molar-refractivity contribution in [2.24, 2.45) is 7.05 Å².